The Hall–Kier alpha value is -2.49. The summed E-state index contributed by atoms with van der Waals surface area (Å²) in [5, 5.41) is 2.95. The third-order valence-corrected chi connectivity index (χ3v) is 3.67. The predicted molar refractivity (Wildman–Crippen MR) is 84.5 cm³/mol. The van der Waals surface area contributed by atoms with Crippen molar-refractivity contribution < 1.29 is 14.3 Å². The highest BCUT2D eigenvalue weighted by atomic mass is 16.6. The van der Waals surface area contributed by atoms with E-state index in [1.807, 2.05) is 38.1 Å². The van der Waals surface area contributed by atoms with Crippen LogP contribution in [0.25, 0.3) is 0 Å². The Morgan fingerprint density at radius 1 is 1.09 bits per heavy atom. The van der Waals surface area contributed by atoms with Gasteiger partial charge in [0.2, 0.25) is 0 Å². The van der Waals surface area contributed by atoms with Crippen LogP contribution in [-0.2, 0) is 6.54 Å². The molecule has 0 spiro atoms. The van der Waals surface area contributed by atoms with Gasteiger partial charge in [0, 0.05) is 12.1 Å². The molecule has 1 N–H and O–H groups in total. The van der Waals surface area contributed by atoms with E-state index in [9.17, 15) is 4.79 Å². The van der Waals surface area contributed by atoms with E-state index in [2.05, 4.69) is 11.4 Å². The standard InChI is InChI=1S/C18H19NO3/c1-12-4-3-5-14(8-12)11-19-18(20)15-10-17-16(9-13(15)2)21-6-7-22-17/h3-5,8-10H,6-7,11H2,1-2H3,(H,19,20). The number of hydrogen-bond acceptors (Lipinski definition) is 3. The minimum absolute atomic E-state index is 0.101. The van der Waals surface area contributed by atoms with Crippen LogP contribution >= 0.6 is 0 Å². The number of ether oxygens (including phenoxy) is 2. The van der Waals surface area contributed by atoms with Gasteiger partial charge in [-0.25, -0.2) is 0 Å². The van der Waals surface area contributed by atoms with Crippen molar-refractivity contribution in [3.8, 4) is 11.5 Å². The topological polar surface area (TPSA) is 47.6 Å². The molecule has 2 aromatic rings. The molecule has 0 atom stereocenters. The normalized spacial score (nSPS) is 12.8. The maximum atomic E-state index is 12.4. The second-order valence-corrected chi connectivity index (χ2v) is 5.48. The fourth-order valence-electron chi connectivity index (χ4n) is 2.53. The largest absolute Gasteiger partial charge is 0.486 e. The molecule has 0 radical (unpaired) electrons. The Morgan fingerprint density at radius 2 is 1.82 bits per heavy atom. The van der Waals surface area contributed by atoms with Crippen molar-refractivity contribution in [1.82, 2.24) is 5.32 Å². The molecule has 0 aliphatic carbocycles. The molecule has 1 amide bonds. The fourth-order valence-corrected chi connectivity index (χ4v) is 2.53. The summed E-state index contributed by atoms with van der Waals surface area (Å²) in [6.45, 7) is 5.51. The van der Waals surface area contributed by atoms with Gasteiger partial charge in [-0.1, -0.05) is 29.8 Å². The van der Waals surface area contributed by atoms with E-state index >= 15 is 0 Å². The first kappa shape index (κ1) is 14.4. The molecule has 114 valence electrons. The van der Waals surface area contributed by atoms with Crippen molar-refractivity contribution >= 4 is 5.91 Å². The smallest absolute Gasteiger partial charge is 0.251 e. The van der Waals surface area contributed by atoms with Gasteiger partial charge >= 0.3 is 0 Å². The van der Waals surface area contributed by atoms with Gasteiger partial charge in [0.15, 0.2) is 11.5 Å². The first-order valence-electron chi connectivity index (χ1n) is 7.37. The molecule has 0 saturated carbocycles. The number of aryl methyl sites for hydroxylation is 2. The van der Waals surface area contributed by atoms with Crippen molar-refractivity contribution in [3.63, 3.8) is 0 Å². The third kappa shape index (κ3) is 3.06. The van der Waals surface area contributed by atoms with Gasteiger partial charge in [-0.15, -0.1) is 0 Å². The summed E-state index contributed by atoms with van der Waals surface area (Å²) in [6.07, 6.45) is 0. The summed E-state index contributed by atoms with van der Waals surface area (Å²) >= 11 is 0. The van der Waals surface area contributed by atoms with Crippen molar-refractivity contribution in [3.05, 3.63) is 58.7 Å². The van der Waals surface area contributed by atoms with E-state index < -0.39 is 0 Å². The number of carbonyl (C=O) groups excluding carboxylic acids is 1. The second-order valence-electron chi connectivity index (χ2n) is 5.48. The van der Waals surface area contributed by atoms with Crippen LogP contribution in [0.5, 0.6) is 11.5 Å². The zero-order chi connectivity index (χ0) is 15.5. The second kappa shape index (κ2) is 6.10. The lowest BCUT2D eigenvalue weighted by Gasteiger charge is -2.20. The molecule has 22 heavy (non-hydrogen) atoms. The van der Waals surface area contributed by atoms with Crippen LogP contribution in [0.1, 0.15) is 27.0 Å². The van der Waals surface area contributed by atoms with Gasteiger partial charge in [-0.3, -0.25) is 4.79 Å². The maximum Gasteiger partial charge on any atom is 0.251 e. The van der Waals surface area contributed by atoms with Crippen molar-refractivity contribution in [2.45, 2.75) is 20.4 Å². The fraction of sp³-hybridized carbons (Fsp3) is 0.278. The Morgan fingerprint density at radius 3 is 2.55 bits per heavy atom. The van der Waals surface area contributed by atoms with E-state index in [4.69, 9.17) is 9.47 Å². The maximum absolute atomic E-state index is 12.4. The predicted octanol–water partition coefficient (Wildman–Crippen LogP) is 3.00. The zero-order valence-electron chi connectivity index (χ0n) is 12.8. The summed E-state index contributed by atoms with van der Waals surface area (Å²) < 4.78 is 11.1. The first-order valence-corrected chi connectivity index (χ1v) is 7.37. The van der Waals surface area contributed by atoms with Gasteiger partial charge in [0.05, 0.1) is 0 Å². The summed E-state index contributed by atoms with van der Waals surface area (Å²) in [7, 11) is 0. The van der Waals surface area contributed by atoms with E-state index in [-0.39, 0.29) is 5.91 Å². The summed E-state index contributed by atoms with van der Waals surface area (Å²) in [5.41, 5.74) is 3.77. The van der Waals surface area contributed by atoms with Crippen LogP contribution < -0.4 is 14.8 Å². The van der Waals surface area contributed by atoms with E-state index in [0.29, 0.717) is 36.8 Å². The SMILES string of the molecule is Cc1cccc(CNC(=O)c2cc3c(cc2C)OCCO3)c1. The van der Waals surface area contributed by atoms with Crippen LogP contribution in [0, 0.1) is 13.8 Å². The first-order chi connectivity index (χ1) is 10.6. The Bertz CT molecular complexity index is 709. The minimum Gasteiger partial charge on any atom is -0.486 e. The molecule has 3 rings (SSSR count). The highest BCUT2D eigenvalue weighted by Gasteiger charge is 2.17. The zero-order valence-corrected chi connectivity index (χ0v) is 12.8. The van der Waals surface area contributed by atoms with Gasteiger partial charge in [-0.05, 0) is 37.1 Å². The van der Waals surface area contributed by atoms with Crippen LogP contribution in [0.4, 0.5) is 0 Å². The van der Waals surface area contributed by atoms with Crippen LogP contribution in [0.15, 0.2) is 36.4 Å². The average molecular weight is 297 g/mol. The lowest BCUT2D eigenvalue weighted by atomic mass is 10.1. The van der Waals surface area contributed by atoms with Crippen LogP contribution in [0.3, 0.4) is 0 Å². The number of amides is 1. The highest BCUT2D eigenvalue weighted by Crippen LogP contribution is 2.32. The molecule has 0 fully saturated rings. The number of hydrogen-bond donors (Lipinski definition) is 1. The summed E-state index contributed by atoms with van der Waals surface area (Å²) in [5.74, 6) is 1.24. The number of fused-ring (bicyclic) bond motifs is 1. The summed E-state index contributed by atoms with van der Waals surface area (Å²) in [4.78, 5) is 12.4. The highest BCUT2D eigenvalue weighted by molar-refractivity contribution is 5.96. The molecule has 1 heterocycles. The Balaban J connectivity index is 1.74. The van der Waals surface area contributed by atoms with Gasteiger partial charge in [0.25, 0.3) is 5.91 Å². The third-order valence-electron chi connectivity index (χ3n) is 3.67. The molecule has 1 aliphatic rings. The quantitative estimate of drug-likeness (QED) is 0.947. The molecule has 0 saturated heterocycles. The monoisotopic (exact) mass is 297 g/mol. The van der Waals surface area contributed by atoms with Crippen LogP contribution in [-0.4, -0.2) is 19.1 Å². The molecule has 2 aromatic carbocycles. The Labute approximate surface area is 130 Å². The minimum atomic E-state index is -0.101. The summed E-state index contributed by atoms with van der Waals surface area (Å²) in [6, 6.07) is 11.7. The van der Waals surface area contributed by atoms with Crippen molar-refractivity contribution in [1.29, 1.82) is 0 Å². The van der Waals surface area contributed by atoms with Gasteiger partial charge in [-0.2, -0.15) is 0 Å². The van der Waals surface area contributed by atoms with E-state index in [1.165, 1.54) is 5.56 Å². The van der Waals surface area contributed by atoms with E-state index in [1.54, 1.807) is 6.07 Å². The lowest BCUT2D eigenvalue weighted by molar-refractivity contribution is 0.0949. The lowest BCUT2D eigenvalue weighted by Crippen LogP contribution is -2.24. The van der Waals surface area contributed by atoms with Crippen LogP contribution in [0.2, 0.25) is 0 Å². The molecule has 4 nitrogen and oxygen atoms in total. The number of benzene rings is 2. The van der Waals surface area contributed by atoms with Crippen molar-refractivity contribution in [2.24, 2.45) is 0 Å². The molecule has 0 bridgehead atoms. The Kier molecular flexibility index (Phi) is 4.00. The van der Waals surface area contributed by atoms with E-state index in [0.717, 1.165) is 11.1 Å². The van der Waals surface area contributed by atoms with Gasteiger partial charge in [0.1, 0.15) is 13.2 Å². The molecule has 4 heteroatoms. The molecular weight excluding hydrogens is 278 g/mol. The number of nitrogens with one attached hydrogen (secondary N) is 1. The average Bonchev–Trinajstić information content (AvgIpc) is 2.52. The molecule has 1 aliphatic heterocycles. The molecular formula is C18H19NO3. The van der Waals surface area contributed by atoms with Crippen molar-refractivity contribution in [2.75, 3.05) is 13.2 Å². The molecule has 0 aromatic heterocycles. The number of carbonyl (C=O) groups is 1. The number of rotatable bonds is 3. The van der Waals surface area contributed by atoms with Gasteiger partial charge < -0.3 is 14.8 Å². The molecule has 0 unspecified atom stereocenters.